The Morgan fingerprint density at radius 1 is 1.09 bits per heavy atom. The van der Waals surface area contributed by atoms with Crippen LogP contribution >= 0.6 is 11.8 Å². The molecule has 1 aromatic carbocycles. The number of thioether (sulfide) groups is 1. The molecule has 0 saturated heterocycles. The van der Waals surface area contributed by atoms with Gasteiger partial charge in [0.05, 0.1) is 5.75 Å². The average molecular weight is 329 g/mol. The van der Waals surface area contributed by atoms with E-state index in [1.807, 2.05) is 32.0 Å². The molecule has 0 atom stereocenters. The van der Waals surface area contributed by atoms with Crippen LogP contribution in [0.5, 0.6) is 0 Å². The number of hydrogen-bond acceptors (Lipinski definition) is 4. The molecule has 2 aromatic rings. The zero-order chi connectivity index (χ0) is 17.0. The third-order valence-corrected chi connectivity index (χ3v) is 4.18. The Balaban J connectivity index is 1.92. The van der Waals surface area contributed by atoms with Crippen molar-refractivity contribution in [1.29, 1.82) is 0 Å². The fourth-order valence-electron chi connectivity index (χ4n) is 2.14. The molecule has 4 nitrogen and oxygen atoms in total. The molecule has 0 spiro atoms. The highest BCUT2D eigenvalue weighted by Crippen LogP contribution is 2.23. The predicted molar refractivity (Wildman–Crippen MR) is 96.0 cm³/mol. The van der Waals surface area contributed by atoms with Gasteiger partial charge in [-0.15, -0.1) is 0 Å². The van der Waals surface area contributed by atoms with Crippen LogP contribution in [0.15, 0.2) is 35.5 Å². The van der Waals surface area contributed by atoms with Crippen LogP contribution in [0.2, 0.25) is 0 Å². The monoisotopic (exact) mass is 329 g/mol. The van der Waals surface area contributed by atoms with Crippen molar-refractivity contribution >= 4 is 23.4 Å². The van der Waals surface area contributed by atoms with Crippen LogP contribution in [0, 0.1) is 13.8 Å². The van der Waals surface area contributed by atoms with E-state index in [4.69, 9.17) is 0 Å². The van der Waals surface area contributed by atoms with Gasteiger partial charge in [0.25, 0.3) is 0 Å². The molecule has 0 aliphatic heterocycles. The Kier molecular flexibility index (Phi) is 5.42. The summed E-state index contributed by atoms with van der Waals surface area (Å²) in [5, 5.41) is 3.54. The van der Waals surface area contributed by atoms with Gasteiger partial charge in [-0.3, -0.25) is 4.79 Å². The molecule has 5 heteroatoms. The number of benzene rings is 1. The first-order chi connectivity index (χ1) is 10.7. The number of rotatable bonds is 4. The van der Waals surface area contributed by atoms with Crippen molar-refractivity contribution in [3.8, 4) is 0 Å². The maximum absolute atomic E-state index is 12.0. The highest BCUT2D eigenvalue weighted by atomic mass is 32.2. The minimum Gasteiger partial charge on any atom is -0.325 e. The molecule has 0 aliphatic rings. The topological polar surface area (TPSA) is 54.9 Å². The third-order valence-electron chi connectivity index (χ3n) is 3.33. The number of amides is 1. The van der Waals surface area contributed by atoms with Gasteiger partial charge in [0.1, 0.15) is 0 Å². The summed E-state index contributed by atoms with van der Waals surface area (Å²) in [6.07, 6.45) is 0. The lowest BCUT2D eigenvalue weighted by molar-refractivity contribution is -0.113. The van der Waals surface area contributed by atoms with Gasteiger partial charge < -0.3 is 5.32 Å². The highest BCUT2D eigenvalue weighted by molar-refractivity contribution is 7.99. The third kappa shape index (κ3) is 5.36. The predicted octanol–water partition coefficient (Wildman–Crippen LogP) is 4.12. The molecule has 0 fully saturated rings. The van der Waals surface area contributed by atoms with Crippen LogP contribution in [-0.4, -0.2) is 21.6 Å². The maximum Gasteiger partial charge on any atom is 0.234 e. The minimum atomic E-state index is -0.0544. The number of hydrogen-bond donors (Lipinski definition) is 1. The second kappa shape index (κ2) is 7.13. The Morgan fingerprint density at radius 3 is 2.17 bits per heavy atom. The largest absolute Gasteiger partial charge is 0.325 e. The molecule has 1 heterocycles. The average Bonchev–Trinajstić information content (AvgIpc) is 2.44. The minimum absolute atomic E-state index is 0.0544. The second-order valence-corrected chi connectivity index (χ2v) is 7.54. The van der Waals surface area contributed by atoms with Gasteiger partial charge >= 0.3 is 0 Å². The number of carbonyl (C=O) groups excluding carboxylic acids is 1. The van der Waals surface area contributed by atoms with Crippen molar-refractivity contribution < 1.29 is 4.79 Å². The normalized spacial score (nSPS) is 11.3. The summed E-state index contributed by atoms with van der Waals surface area (Å²) in [5.41, 5.74) is 3.99. The molecule has 1 aromatic heterocycles. The number of carbonyl (C=O) groups is 1. The standard InChI is InChI=1S/C18H23N3OS/c1-12-10-13(2)20-17(19-12)23-11-16(22)21-15-8-6-14(7-9-15)18(3,4)5/h6-10H,11H2,1-5H3,(H,21,22). The second-order valence-electron chi connectivity index (χ2n) is 6.60. The molecule has 0 bridgehead atoms. The summed E-state index contributed by atoms with van der Waals surface area (Å²) in [6.45, 7) is 10.4. The van der Waals surface area contributed by atoms with Gasteiger partial charge in [0, 0.05) is 17.1 Å². The maximum atomic E-state index is 12.0. The SMILES string of the molecule is Cc1cc(C)nc(SCC(=O)Nc2ccc(C(C)(C)C)cc2)n1. The summed E-state index contributed by atoms with van der Waals surface area (Å²) in [7, 11) is 0. The summed E-state index contributed by atoms with van der Waals surface area (Å²) in [5.74, 6) is 0.241. The molecule has 1 amide bonds. The highest BCUT2D eigenvalue weighted by Gasteiger charge is 2.13. The summed E-state index contributed by atoms with van der Waals surface area (Å²) < 4.78 is 0. The van der Waals surface area contributed by atoms with E-state index < -0.39 is 0 Å². The number of nitrogens with one attached hydrogen (secondary N) is 1. The van der Waals surface area contributed by atoms with Crippen molar-refractivity contribution in [2.75, 3.05) is 11.1 Å². The number of aryl methyl sites for hydroxylation is 2. The molecular formula is C18H23N3OS. The number of anilines is 1. The number of aromatic nitrogens is 2. The van der Waals surface area contributed by atoms with Crippen LogP contribution in [-0.2, 0) is 10.2 Å². The van der Waals surface area contributed by atoms with Gasteiger partial charge in [-0.1, -0.05) is 44.7 Å². The molecule has 0 radical (unpaired) electrons. The van der Waals surface area contributed by atoms with E-state index in [0.717, 1.165) is 17.1 Å². The number of nitrogens with zero attached hydrogens (tertiary/aromatic N) is 2. The van der Waals surface area contributed by atoms with Crippen LogP contribution < -0.4 is 5.32 Å². The van der Waals surface area contributed by atoms with Gasteiger partial charge in [0.2, 0.25) is 5.91 Å². The van der Waals surface area contributed by atoms with Gasteiger partial charge in [-0.05, 0) is 43.0 Å². The molecule has 23 heavy (non-hydrogen) atoms. The lowest BCUT2D eigenvalue weighted by Crippen LogP contribution is -2.15. The summed E-state index contributed by atoms with van der Waals surface area (Å²) in [6, 6.07) is 9.90. The van der Waals surface area contributed by atoms with Crippen molar-refractivity contribution in [3.05, 3.63) is 47.3 Å². The smallest absolute Gasteiger partial charge is 0.234 e. The molecule has 0 unspecified atom stereocenters. The molecular weight excluding hydrogens is 306 g/mol. The van der Waals surface area contributed by atoms with Crippen molar-refractivity contribution in [3.63, 3.8) is 0 Å². The van der Waals surface area contributed by atoms with Gasteiger partial charge in [0.15, 0.2) is 5.16 Å². The first kappa shape index (κ1) is 17.5. The Hall–Kier alpha value is -1.88. The quantitative estimate of drug-likeness (QED) is 0.677. The van der Waals surface area contributed by atoms with E-state index in [1.54, 1.807) is 0 Å². The van der Waals surface area contributed by atoms with Crippen LogP contribution in [0.4, 0.5) is 5.69 Å². The van der Waals surface area contributed by atoms with E-state index in [9.17, 15) is 4.79 Å². The van der Waals surface area contributed by atoms with Gasteiger partial charge in [-0.25, -0.2) is 9.97 Å². The first-order valence-electron chi connectivity index (χ1n) is 7.59. The van der Waals surface area contributed by atoms with E-state index >= 15 is 0 Å². The molecule has 1 N–H and O–H groups in total. The summed E-state index contributed by atoms with van der Waals surface area (Å²) in [4.78, 5) is 20.7. The van der Waals surface area contributed by atoms with Crippen molar-refractivity contribution in [1.82, 2.24) is 9.97 Å². The van der Waals surface area contributed by atoms with Crippen molar-refractivity contribution in [2.24, 2.45) is 0 Å². The van der Waals surface area contributed by atoms with Crippen LogP contribution in [0.25, 0.3) is 0 Å². The fourth-order valence-corrected chi connectivity index (χ4v) is 2.89. The van der Waals surface area contributed by atoms with Gasteiger partial charge in [-0.2, -0.15) is 0 Å². The molecule has 0 aliphatic carbocycles. The van der Waals surface area contributed by atoms with Crippen molar-refractivity contribution in [2.45, 2.75) is 45.2 Å². The van der Waals surface area contributed by atoms with E-state index in [-0.39, 0.29) is 11.3 Å². The van der Waals surface area contributed by atoms with E-state index in [1.165, 1.54) is 17.3 Å². The van der Waals surface area contributed by atoms with Crippen LogP contribution in [0.1, 0.15) is 37.7 Å². The summed E-state index contributed by atoms with van der Waals surface area (Å²) >= 11 is 1.35. The van der Waals surface area contributed by atoms with E-state index in [0.29, 0.717) is 10.9 Å². The molecule has 0 saturated carbocycles. The zero-order valence-corrected chi connectivity index (χ0v) is 15.1. The lowest BCUT2D eigenvalue weighted by Gasteiger charge is -2.19. The first-order valence-corrected chi connectivity index (χ1v) is 8.58. The Bertz CT molecular complexity index is 670. The Labute approximate surface area is 142 Å². The zero-order valence-electron chi connectivity index (χ0n) is 14.3. The Morgan fingerprint density at radius 2 is 1.65 bits per heavy atom. The van der Waals surface area contributed by atoms with E-state index in [2.05, 4.69) is 48.2 Å². The molecule has 2 rings (SSSR count). The van der Waals surface area contributed by atoms with Crippen LogP contribution in [0.3, 0.4) is 0 Å². The lowest BCUT2D eigenvalue weighted by atomic mass is 9.87. The fraction of sp³-hybridized carbons (Fsp3) is 0.389. The molecule has 122 valence electrons.